The number of hydrogen-bond donors (Lipinski definition) is 3. The lowest BCUT2D eigenvalue weighted by molar-refractivity contribution is -0.139. The van der Waals surface area contributed by atoms with Gasteiger partial charge in [-0.15, -0.1) is 11.3 Å². The molecule has 0 saturated heterocycles. The molecule has 7 nitrogen and oxygen atoms in total. The number of nitrogens with one attached hydrogen (secondary N) is 1. The summed E-state index contributed by atoms with van der Waals surface area (Å²) in [7, 11) is 0. The van der Waals surface area contributed by atoms with Crippen LogP contribution in [0.1, 0.15) is 86.4 Å². The summed E-state index contributed by atoms with van der Waals surface area (Å²) in [4.78, 5) is 30.6. The number of carbonyl (C=O) groups excluding carboxylic acids is 1. The molecule has 3 aromatic rings. The first kappa shape index (κ1) is 26.4. The Morgan fingerprint density at radius 2 is 2.00 bits per heavy atom. The predicted octanol–water partition coefficient (Wildman–Crippen LogP) is 5.42. The molecular formula is C28H37N3O4S. The number of aliphatic hydroxyl groups excluding tert-OH is 1. The maximum Gasteiger partial charge on any atom is 0.306 e. The summed E-state index contributed by atoms with van der Waals surface area (Å²) in [5.41, 5.74) is 2.29. The average Bonchev–Trinajstić information content (AvgIpc) is 3.45. The molecule has 0 spiro atoms. The second-order valence-corrected chi connectivity index (χ2v) is 11.6. The Hall–Kier alpha value is -2.71. The second kappa shape index (κ2) is 11.6. The van der Waals surface area contributed by atoms with Gasteiger partial charge in [-0.2, -0.15) is 0 Å². The molecule has 0 radical (unpaired) electrons. The number of carbonyl (C=O) groups is 2. The standard InChI is InChI=1S/C28H37N3O4S/c1-17(2)13-22(25(32)16-27(33)34)30-28(35)19-10-11-24-21(14-19)29-26(15-20-8-6-12-36-20)31(24)23-9-5-4-7-18(23)3/h6,8,10-12,14,17-18,22-23,25,32H,4-5,7,9,13,15-16H2,1-3H3,(H,30,35)(H,33,34). The Morgan fingerprint density at radius 3 is 2.67 bits per heavy atom. The molecule has 3 N–H and O–H groups in total. The molecule has 1 aliphatic rings. The van der Waals surface area contributed by atoms with Crippen LogP contribution in [-0.4, -0.2) is 43.8 Å². The number of amides is 1. The maximum atomic E-state index is 13.2. The van der Waals surface area contributed by atoms with E-state index in [4.69, 9.17) is 10.1 Å². The summed E-state index contributed by atoms with van der Waals surface area (Å²) in [6, 6.07) is 9.57. The lowest BCUT2D eigenvalue weighted by atomic mass is 9.85. The van der Waals surface area contributed by atoms with E-state index in [2.05, 4.69) is 34.3 Å². The number of hydrogen-bond acceptors (Lipinski definition) is 5. The summed E-state index contributed by atoms with van der Waals surface area (Å²) < 4.78 is 2.40. The fraction of sp³-hybridized carbons (Fsp3) is 0.536. The highest BCUT2D eigenvalue weighted by Crippen LogP contribution is 2.37. The van der Waals surface area contributed by atoms with Crippen molar-refractivity contribution < 1.29 is 19.8 Å². The number of carboxylic acids is 1. The van der Waals surface area contributed by atoms with Crippen molar-refractivity contribution in [2.45, 2.75) is 83.9 Å². The van der Waals surface area contributed by atoms with Gasteiger partial charge in [0.25, 0.3) is 5.91 Å². The van der Waals surface area contributed by atoms with Crippen LogP contribution in [-0.2, 0) is 11.2 Å². The Kier molecular flexibility index (Phi) is 8.46. The van der Waals surface area contributed by atoms with Crippen LogP contribution < -0.4 is 5.32 Å². The van der Waals surface area contributed by atoms with Crippen LogP contribution in [0.5, 0.6) is 0 Å². The Bertz CT molecular complexity index is 1190. The van der Waals surface area contributed by atoms with Crippen molar-refractivity contribution >= 4 is 34.2 Å². The monoisotopic (exact) mass is 511 g/mol. The van der Waals surface area contributed by atoms with Gasteiger partial charge in [0.15, 0.2) is 0 Å². The quantitative estimate of drug-likeness (QED) is 0.337. The van der Waals surface area contributed by atoms with Gasteiger partial charge in [-0.3, -0.25) is 9.59 Å². The number of thiophene rings is 1. The van der Waals surface area contributed by atoms with Crippen LogP contribution in [0.2, 0.25) is 0 Å². The molecule has 4 atom stereocenters. The third-order valence-corrected chi connectivity index (χ3v) is 8.10. The van der Waals surface area contributed by atoms with Crippen LogP contribution in [0, 0.1) is 11.8 Å². The lowest BCUT2D eigenvalue weighted by Crippen LogP contribution is -2.45. The van der Waals surface area contributed by atoms with E-state index in [1.54, 1.807) is 11.3 Å². The number of benzene rings is 1. The molecular weight excluding hydrogens is 474 g/mol. The number of imidazole rings is 1. The minimum atomic E-state index is -1.15. The molecule has 1 aliphatic carbocycles. The molecule has 1 fully saturated rings. The third-order valence-electron chi connectivity index (χ3n) is 7.23. The molecule has 1 amide bonds. The highest BCUT2D eigenvalue weighted by Gasteiger charge is 2.28. The smallest absolute Gasteiger partial charge is 0.306 e. The van der Waals surface area contributed by atoms with Crippen LogP contribution in [0.3, 0.4) is 0 Å². The van der Waals surface area contributed by atoms with Gasteiger partial charge in [0, 0.05) is 22.9 Å². The third kappa shape index (κ3) is 6.16. The lowest BCUT2D eigenvalue weighted by Gasteiger charge is -2.31. The van der Waals surface area contributed by atoms with Crippen LogP contribution in [0.25, 0.3) is 11.0 Å². The Morgan fingerprint density at radius 1 is 1.22 bits per heavy atom. The summed E-state index contributed by atoms with van der Waals surface area (Å²) in [6.45, 7) is 6.28. The van der Waals surface area contributed by atoms with E-state index >= 15 is 0 Å². The van der Waals surface area contributed by atoms with Gasteiger partial charge < -0.3 is 20.1 Å². The molecule has 4 unspecified atom stereocenters. The molecule has 8 heteroatoms. The van der Waals surface area contributed by atoms with Crippen molar-refractivity contribution in [3.63, 3.8) is 0 Å². The van der Waals surface area contributed by atoms with Crippen molar-refractivity contribution in [1.29, 1.82) is 0 Å². The molecule has 2 heterocycles. The van der Waals surface area contributed by atoms with Gasteiger partial charge in [-0.25, -0.2) is 4.98 Å². The number of rotatable bonds is 10. The number of nitrogens with zero attached hydrogens (tertiary/aromatic N) is 2. The summed E-state index contributed by atoms with van der Waals surface area (Å²) in [5, 5.41) is 24.5. The largest absolute Gasteiger partial charge is 0.481 e. The SMILES string of the molecule is CC(C)CC(NC(=O)c1ccc2c(c1)nc(Cc1cccs1)n2C1CCCCC1C)C(O)CC(=O)O. The van der Waals surface area contributed by atoms with Crippen LogP contribution >= 0.6 is 11.3 Å². The molecule has 0 bridgehead atoms. The van der Waals surface area contributed by atoms with Crippen molar-refractivity contribution in [3.05, 3.63) is 52.0 Å². The second-order valence-electron chi connectivity index (χ2n) is 10.6. The minimum Gasteiger partial charge on any atom is -0.481 e. The molecule has 1 saturated carbocycles. The topological polar surface area (TPSA) is 104 Å². The highest BCUT2D eigenvalue weighted by atomic mass is 32.1. The van der Waals surface area contributed by atoms with E-state index in [1.165, 1.54) is 24.1 Å². The Labute approximate surface area is 216 Å². The zero-order chi connectivity index (χ0) is 25.8. The van der Waals surface area contributed by atoms with Gasteiger partial charge in [0.1, 0.15) is 5.82 Å². The molecule has 1 aromatic carbocycles. The van der Waals surface area contributed by atoms with E-state index < -0.39 is 24.5 Å². The molecule has 0 aliphatic heterocycles. The van der Waals surface area contributed by atoms with Gasteiger partial charge in [-0.05, 0) is 60.7 Å². The van der Waals surface area contributed by atoms with Crippen molar-refractivity contribution in [3.8, 4) is 0 Å². The predicted molar refractivity (Wildman–Crippen MR) is 142 cm³/mol. The van der Waals surface area contributed by atoms with E-state index in [1.807, 2.05) is 32.0 Å². The van der Waals surface area contributed by atoms with Gasteiger partial charge in [0.2, 0.25) is 0 Å². The van der Waals surface area contributed by atoms with Gasteiger partial charge in [0.05, 0.1) is 29.6 Å². The highest BCUT2D eigenvalue weighted by molar-refractivity contribution is 7.09. The fourth-order valence-electron chi connectivity index (χ4n) is 5.43. The average molecular weight is 512 g/mol. The Balaban J connectivity index is 1.65. The van der Waals surface area contributed by atoms with E-state index in [9.17, 15) is 14.7 Å². The zero-order valence-corrected chi connectivity index (χ0v) is 22.1. The summed E-state index contributed by atoms with van der Waals surface area (Å²) in [5.74, 6) is 0.362. The maximum absolute atomic E-state index is 13.2. The first-order valence-electron chi connectivity index (χ1n) is 13.0. The minimum absolute atomic E-state index is 0.189. The van der Waals surface area contributed by atoms with E-state index in [-0.39, 0.29) is 11.8 Å². The van der Waals surface area contributed by atoms with Crippen molar-refractivity contribution in [2.75, 3.05) is 0 Å². The molecule has 194 valence electrons. The van der Waals surface area contributed by atoms with Gasteiger partial charge >= 0.3 is 5.97 Å². The summed E-state index contributed by atoms with van der Waals surface area (Å²) in [6.07, 6.45) is 4.50. The number of fused-ring (bicyclic) bond motifs is 1. The van der Waals surface area contributed by atoms with Crippen LogP contribution in [0.4, 0.5) is 0 Å². The molecule has 4 rings (SSSR count). The number of aliphatic hydroxyl groups is 1. The number of carboxylic acid groups (broad SMARTS) is 1. The fourth-order valence-corrected chi connectivity index (χ4v) is 6.13. The normalized spacial score (nSPS) is 19.9. The number of aromatic nitrogens is 2. The molecule has 2 aromatic heterocycles. The van der Waals surface area contributed by atoms with Crippen LogP contribution in [0.15, 0.2) is 35.7 Å². The molecule has 36 heavy (non-hydrogen) atoms. The zero-order valence-electron chi connectivity index (χ0n) is 21.3. The van der Waals surface area contributed by atoms with Crippen molar-refractivity contribution in [1.82, 2.24) is 14.9 Å². The number of aliphatic carboxylic acids is 1. The first-order chi connectivity index (χ1) is 17.2. The van der Waals surface area contributed by atoms with E-state index in [0.29, 0.717) is 23.9 Å². The van der Waals surface area contributed by atoms with E-state index in [0.717, 1.165) is 29.7 Å². The van der Waals surface area contributed by atoms with Crippen molar-refractivity contribution in [2.24, 2.45) is 11.8 Å². The summed E-state index contributed by atoms with van der Waals surface area (Å²) >= 11 is 1.73. The van der Waals surface area contributed by atoms with Gasteiger partial charge in [-0.1, -0.05) is 39.7 Å². The first-order valence-corrected chi connectivity index (χ1v) is 13.8.